The van der Waals surface area contributed by atoms with Crippen molar-refractivity contribution >= 4 is 11.0 Å². The molecule has 22 heavy (non-hydrogen) atoms. The van der Waals surface area contributed by atoms with Crippen LogP contribution in [0.5, 0.6) is 0 Å². The van der Waals surface area contributed by atoms with Gasteiger partial charge in [0.1, 0.15) is 17.3 Å². The van der Waals surface area contributed by atoms with Gasteiger partial charge in [-0.3, -0.25) is 4.90 Å². The van der Waals surface area contributed by atoms with E-state index in [1.165, 1.54) is 12.8 Å². The predicted octanol–water partition coefficient (Wildman–Crippen LogP) is 3.59. The normalized spacial score (nSPS) is 19.8. The van der Waals surface area contributed by atoms with Crippen LogP contribution in [0.4, 0.5) is 0 Å². The minimum absolute atomic E-state index is 0.333. The van der Waals surface area contributed by atoms with E-state index < -0.39 is 0 Å². The van der Waals surface area contributed by atoms with Crippen molar-refractivity contribution in [1.82, 2.24) is 20.0 Å². The van der Waals surface area contributed by atoms with Crippen molar-refractivity contribution in [1.29, 1.82) is 0 Å². The Hall–Kier alpha value is -2.14. The first-order valence-electron chi connectivity index (χ1n) is 7.90. The summed E-state index contributed by atoms with van der Waals surface area (Å²) in [5.74, 6) is 1.90. The van der Waals surface area contributed by atoms with E-state index in [1.54, 1.807) is 0 Å². The summed E-state index contributed by atoms with van der Waals surface area (Å²) in [7, 11) is 0. The van der Waals surface area contributed by atoms with E-state index in [4.69, 9.17) is 9.51 Å². The van der Waals surface area contributed by atoms with Crippen molar-refractivity contribution in [2.24, 2.45) is 0 Å². The predicted molar refractivity (Wildman–Crippen MR) is 84.3 cm³/mol. The van der Waals surface area contributed by atoms with Gasteiger partial charge in [-0.05, 0) is 38.4 Å². The summed E-state index contributed by atoms with van der Waals surface area (Å²) >= 11 is 0. The molecule has 0 spiro atoms. The molecule has 1 N–H and O–H groups in total. The summed E-state index contributed by atoms with van der Waals surface area (Å²) in [5.41, 5.74) is 3.18. The van der Waals surface area contributed by atoms with Gasteiger partial charge in [0.2, 0.25) is 0 Å². The maximum Gasteiger partial charge on any atom is 0.133 e. The molecule has 2 aromatic heterocycles. The van der Waals surface area contributed by atoms with Gasteiger partial charge in [-0.2, -0.15) is 0 Å². The number of para-hydroxylation sites is 2. The highest BCUT2D eigenvalue weighted by Crippen LogP contribution is 2.31. The molecule has 0 radical (unpaired) electrons. The third kappa shape index (κ3) is 2.52. The van der Waals surface area contributed by atoms with E-state index in [2.05, 4.69) is 27.2 Å². The standard InChI is InChI=1S/C17H20N4O/c1-12-10-15(20-22-12)16-8-4-5-9-21(16)11-17-18-13-6-2-3-7-14(13)19-17/h2-3,6-7,10,16H,4-5,8-9,11H2,1H3,(H,18,19)/t16-/m0/s1. The van der Waals surface area contributed by atoms with Gasteiger partial charge in [0.25, 0.3) is 0 Å². The molecule has 0 saturated carbocycles. The highest BCUT2D eigenvalue weighted by Gasteiger charge is 2.27. The van der Waals surface area contributed by atoms with E-state index in [0.717, 1.165) is 47.8 Å². The molecular weight excluding hydrogens is 276 g/mol. The lowest BCUT2D eigenvalue weighted by Gasteiger charge is -2.33. The van der Waals surface area contributed by atoms with E-state index in [-0.39, 0.29) is 0 Å². The second kappa shape index (κ2) is 5.57. The zero-order chi connectivity index (χ0) is 14.9. The summed E-state index contributed by atoms with van der Waals surface area (Å²) < 4.78 is 5.26. The Labute approximate surface area is 129 Å². The van der Waals surface area contributed by atoms with Crippen molar-refractivity contribution in [3.63, 3.8) is 0 Å². The Morgan fingerprint density at radius 3 is 3.05 bits per heavy atom. The number of H-pyrrole nitrogens is 1. The van der Waals surface area contributed by atoms with Gasteiger partial charge in [0.05, 0.1) is 23.6 Å². The Morgan fingerprint density at radius 1 is 1.32 bits per heavy atom. The fourth-order valence-electron chi connectivity index (χ4n) is 3.33. The average Bonchev–Trinajstić information content (AvgIpc) is 3.13. The van der Waals surface area contributed by atoms with Crippen LogP contribution in [-0.2, 0) is 6.54 Å². The number of aromatic nitrogens is 3. The monoisotopic (exact) mass is 296 g/mol. The number of benzene rings is 1. The number of imidazole rings is 1. The van der Waals surface area contributed by atoms with Gasteiger partial charge >= 0.3 is 0 Å². The van der Waals surface area contributed by atoms with Crippen molar-refractivity contribution in [3.8, 4) is 0 Å². The molecule has 1 saturated heterocycles. The van der Waals surface area contributed by atoms with Crippen LogP contribution < -0.4 is 0 Å². The first-order chi connectivity index (χ1) is 10.8. The minimum atomic E-state index is 0.333. The van der Waals surface area contributed by atoms with Gasteiger partial charge in [-0.1, -0.05) is 23.7 Å². The Morgan fingerprint density at radius 2 is 2.23 bits per heavy atom. The Kier molecular flexibility index (Phi) is 3.42. The van der Waals surface area contributed by atoms with Gasteiger partial charge in [-0.25, -0.2) is 4.98 Å². The van der Waals surface area contributed by atoms with Crippen LogP contribution in [0.1, 0.15) is 42.6 Å². The molecule has 3 aromatic rings. The van der Waals surface area contributed by atoms with E-state index in [1.807, 2.05) is 25.1 Å². The second-order valence-electron chi connectivity index (χ2n) is 6.05. The van der Waals surface area contributed by atoms with Gasteiger partial charge in [0.15, 0.2) is 0 Å². The molecule has 0 aliphatic carbocycles. The number of piperidine rings is 1. The molecule has 0 unspecified atom stereocenters. The quantitative estimate of drug-likeness (QED) is 0.802. The van der Waals surface area contributed by atoms with Crippen LogP contribution in [0, 0.1) is 6.92 Å². The third-order valence-corrected chi connectivity index (χ3v) is 4.39. The molecule has 1 atom stereocenters. The fourth-order valence-corrected chi connectivity index (χ4v) is 3.33. The number of nitrogens with zero attached hydrogens (tertiary/aromatic N) is 3. The van der Waals surface area contributed by atoms with Crippen molar-refractivity contribution in [2.75, 3.05) is 6.54 Å². The number of likely N-dealkylation sites (tertiary alicyclic amines) is 1. The summed E-state index contributed by atoms with van der Waals surface area (Å²) in [4.78, 5) is 10.6. The number of rotatable bonds is 3. The first-order valence-corrected chi connectivity index (χ1v) is 7.90. The number of hydrogen-bond donors (Lipinski definition) is 1. The molecule has 1 aliphatic heterocycles. The highest BCUT2D eigenvalue weighted by atomic mass is 16.5. The van der Waals surface area contributed by atoms with Crippen molar-refractivity contribution in [3.05, 3.63) is 47.6 Å². The molecule has 4 rings (SSSR count). The topological polar surface area (TPSA) is 58.0 Å². The molecule has 0 bridgehead atoms. The summed E-state index contributed by atoms with van der Waals surface area (Å²) in [6.45, 7) is 3.85. The minimum Gasteiger partial charge on any atom is -0.361 e. The van der Waals surface area contributed by atoms with Crippen LogP contribution in [-0.4, -0.2) is 26.6 Å². The number of nitrogens with one attached hydrogen (secondary N) is 1. The molecule has 5 heteroatoms. The summed E-state index contributed by atoms with van der Waals surface area (Å²) in [5, 5.41) is 4.23. The van der Waals surface area contributed by atoms with Crippen LogP contribution in [0.15, 0.2) is 34.9 Å². The second-order valence-corrected chi connectivity index (χ2v) is 6.05. The molecule has 5 nitrogen and oxygen atoms in total. The van der Waals surface area contributed by atoms with Gasteiger partial charge in [0, 0.05) is 6.07 Å². The molecule has 1 aliphatic rings. The fraction of sp³-hybridized carbons (Fsp3) is 0.412. The molecule has 0 amide bonds. The molecule has 3 heterocycles. The molecule has 114 valence electrons. The van der Waals surface area contributed by atoms with Gasteiger partial charge in [-0.15, -0.1) is 0 Å². The molecule has 1 aromatic carbocycles. The smallest absolute Gasteiger partial charge is 0.133 e. The third-order valence-electron chi connectivity index (χ3n) is 4.39. The van der Waals surface area contributed by atoms with Gasteiger partial charge < -0.3 is 9.51 Å². The number of fused-ring (bicyclic) bond motifs is 1. The Balaban J connectivity index is 1.59. The molecule has 1 fully saturated rings. The average molecular weight is 296 g/mol. The van der Waals surface area contributed by atoms with E-state index in [0.29, 0.717) is 6.04 Å². The Bertz CT molecular complexity index is 743. The van der Waals surface area contributed by atoms with Crippen LogP contribution in [0.2, 0.25) is 0 Å². The lowest BCUT2D eigenvalue weighted by molar-refractivity contribution is 0.131. The lowest BCUT2D eigenvalue weighted by Crippen LogP contribution is -2.33. The summed E-state index contributed by atoms with van der Waals surface area (Å²) in [6.07, 6.45) is 3.60. The zero-order valence-electron chi connectivity index (χ0n) is 12.7. The first kappa shape index (κ1) is 13.5. The largest absolute Gasteiger partial charge is 0.361 e. The van der Waals surface area contributed by atoms with Crippen LogP contribution >= 0.6 is 0 Å². The maximum atomic E-state index is 5.26. The summed E-state index contributed by atoms with van der Waals surface area (Å²) in [6, 6.07) is 10.6. The van der Waals surface area contributed by atoms with Crippen molar-refractivity contribution < 1.29 is 4.52 Å². The zero-order valence-corrected chi connectivity index (χ0v) is 12.7. The molecular formula is C17H20N4O. The lowest BCUT2D eigenvalue weighted by atomic mass is 9.99. The SMILES string of the molecule is Cc1cc([C@@H]2CCCCN2Cc2nc3ccccc3[nH]2)no1. The number of hydrogen-bond acceptors (Lipinski definition) is 4. The maximum absolute atomic E-state index is 5.26. The number of aromatic amines is 1. The van der Waals surface area contributed by atoms with E-state index >= 15 is 0 Å². The van der Waals surface area contributed by atoms with E-state index in [9.17, 15) is 0 Å². The van der Waals surface area contributed by atoms with Crippen molar-refractivity contribution in [2.45, 2.75) is 38.8 Å². The van der Waals surface area contributed by atoms with Crippen LogP contribution in [0.3, 0.4) is 0 Å². The highest BCUT2D eigenvalue weighted by molar-refractivity contribution is 5.74. The number of aryl methyl sites for hydroxylation is 1. The van der Waals surface area contributed by atoms with Crippen LogP contribution in [0.25, 0.3) is 11.0 Å².